The van der Waals surface area contributed by atoms with E-state index >= 15 is 0 Å². The normalized spacial score (nSPS) is 12.4. The Kier molecular flexibility index (Phi) is 5.03. The largest absolute Gasteiger partial charge is 0.306 e. The van der Waals surface area contributed by atoms with Crippen molar-refractivity contribution in [1.82, 2.24) is 5.32 Å². The Morgan fingerprint density at radius 3 is 2.53 bits per heavy atom. The zero-order chi connectivity index (χ0) is 13.8. The molecule has 0 spiro atoms. The Hall–Kier alpha value is -0.830. The first kappa shape index (κ1) is 14.6. The molecule has 0 amide bonds. The number of benzene rings is 2. The minimum Gasteiger partial charge on any atom is -0.306 e. The number of halogens is 2. The summed E-state index contributed by atoms with van der Waals surface area (Å²) in [6.07, 6.45) is 0. The van der Waals surface area contributed by atoms with Crippen molar-refractivity contribution in [3.8, 4) is 0 Å². The smallest absolute Gasteiger partial charge is 0.0593 e. The number of hydrogen-bond donors (Lipinski definition) is 1. The number of rotatable bonds is 4. The Balaban J connectivity index is 2.48. The van der Waals surface area contributed by atoms with Crippen LogP contribution in [0.3, 0.4) is 0 Å². The van der Waals surface area contributed by atoms with E-state index in [0.29, 0.717) is 0 Å². The molecule has 3 heteroatoms. The van der Waals surface area contributed by atoms with Gasteiger partial charge in [0.2, 0.25) is 0 Å². The van der Waals surface area contributed by atoms with Crippen LogP contribution in [0.4, 0.5) is 0 Å². The summed E-state index contributed by atoms with van der Waals surface area (Å²) >= 11 is 9.85. The highest BCUT2D eigenvalue weighted by Gasteiger charge is 2.17. The minimum atomic E-state index is 0.131. The first-order chi connectivity index (χ1) is 9.13. The summed E-state index contributed by atoms with van der Waals surface area (Å²) < 4.78 is 1.10. The van der Waals surface area contributed by atoms with Crippen LogP contribution in [0.25, 0.3) is 0 Å². The average Bonchev–Trinajstić information content (AvgIpc) is 2.38. The van der Waals surface area contributed by atoms with E-state index in [1.54, 1.807) is 0 Å². The molecule has 1 unspecified atom stereocenters. The fourth-order valence-electron chi connectivity index (χ4n) is 2.26. The van der Waals surface area contributed by atoms with Gasteiger partial charge in [-0.15, -0.1) is 0 Å². The van der Waals surface area contributed by atoms with Crippen molar-refractivity contribution < 1.29 is 0 Å². The Morgan fingerprint density at radius 2 is 1.89 bits per heavy atom. The van der Waals surface area contributed by atoms with Crippen LogP contribution in [0.2, 0.25) is 5.02 Å². The Labute approximate surface area is 128 Å². The maximum atomic E-state index is 6.34. The van der Waals surface area contributed by atoms with Crippen molar-refractivity contribution in [3.05, 3.63) is 68.7 Å². The van der Waals surface area contributed by atoms with Crippen molar-refractivity contribution in [3.63, 3.8) is 0 Å². The molecule has 2 aromatic rings. The van der Waals surface area contributed by atoms with E-state index < -0.39 is 0 Å². The molecule has 2 rings (SSSR count). The van der Waals surface area contributed by atoms with Crippen molar-refractivity contribution in [2.24, 2.45) is 0 Å². The van der Waals surface area contributed by atoms with E-state index in [2.05, 4.69) is 59.4 Å². The average molecular weight is 339 g/mol. The van der Waals surface area contributed by atoms with Crippen LogP contribution in [0.1, 0.15) is 29.7 Å². The lowest BCUT2D eigenvalue weighted by Gasteiger charge is -2.22. The molecule has 100 valence electrons. The lowest BCUT2D eigenvalue weighted by molar-refractivity contribution is 0.628. The standard InChI is InChI=1S/C16H17BrClN/c1-3-19-16(14-6-4-5-7-15(14)18)13-9-8-12(17)10-11(13)2/h4-10,16,19H,3H2,1-2H3. The third-order valence-corrected chi connectivity index (χ3v) is 4.00. The van der Waals surface area contributed by atoms with E-state index in [1.807, 2.05) is 18.2 Å². The molecule has 19 heavy (non-hydrogen) atoms. The minimum absolute atomic E-state index is 0.131. The lowest BCUT2D eigenvalue weighted by atomic mass is 9.95. The molecule has 0 radical (unpaired) electrons. The van der Waals surface area contributed by atoms with Gasteiger partial charge in [0.15, 0.2) is 0 Å². The van der Waals surface area contributed by atoms with Gasteiger partial charge in [-0.25, -0.2) is 0 Å². The predicted octanol–water partition coefficient (Wildman–Crippen LogP) is 5.11. The highest BCUT2D eigenvalue weighted by Crippen LogP contribution is 2.31. The van der Waals surface area contributed by atoms with Gasteiger partial charge in [-0.05, 0) is 48.4 Å². The number of nitrogens with one attached hydrogen (secondary N) is 1. The van der Waals surface area contributed by atoms with Crippen molar-refractivity contribution in [2.45, 2.75) is 19.9 Å². The zero-order valence-electron chi connectivity index (χ0n) is 11.1. The van der Waals surface area contributed by atoms with Crippen LogP contribution in [0.5, 0.6) is 0 Å². The SMILES string of the molecule is CCNC(c1ccc(Br)cc1C)c1ccccc1Cl. The summed E-state index contributed by atoms with van der Waals surface area (Å²) in [7, 11) is 0. The second kappa shape index (κ2) is 6.56. The van der Waals surface area contributed by atoms with Crippen LogP contribution in [0.15, 0.2) is 46.9 Å². The van der Waals surface area contributed by atoms with Gasteiger partial charge >= 0.3 is 0 Å². The molecule has 0 bridgehead atoms. The van der Waals surface area contributed by atoms with Crippen molar-refractivity contribution in [2.75, 3.05) is 6.54 Å². The van der Waals surface area contributed by atoms with Gasteiger partial charge in [-0.3, -0.25) is 0 Å². The van der Waals surface area contributed by atoms with E-state index in [4.69, 9.17) is 11.6 Å². The van der Waals surface area contributed by atoms with Crippen LogP contribution in [-0.4, -0.2) is 6.54 Å². The monoisotopic (exact) mass is 337 g/mol. The second-order valence-corrected chi connectivity index (χ2v) is 5.84. The van der Waals surface area contributed by atoms with Gasteiger partial charge in [0, 0.05) is 9.50 Å². The molecule has 0 aliphatic carbocycles. The molecular weight excluding hydrogens is 322 g/mol. The molecule has 1 N–H and O–H groups in total. The summed E-state index contributed by atoms with van der Waals surface area (Å²) in [6.45, 7) is 5.13. The summed E-state index contributed by atoms with van der Waals surface area (Å²) in [4.78, 5) is 0. The Morgan fingerprint density at radius 1 is 1.16 bits per heavy atom. The van der Waals surface area contributed by atoms with Crippen molar-refractivity contribution in [1.29, 1.82) is 0 Å². The van der Waals surface area contributed by atoms with E-state index in [-0.39, 0.29) is 6.04 Å². The summed E-state index contributed by atoms with van der Waals surface area (Å²) in [5.41, 5.74) is 3.63. The Bertz CT molecular complexity index is 568. The first-order valence-electron chi connectivity index (χ1n) is 6.37. The maximum absolute atomic E-state index is 6.34. The highest BCUT2D eigenvalue weighted by atomic mass is 79.9. The molecule has 0 saturated carbocycles. The van der Waals surface area contributed by atoms with Crippen LogP contribution in [-0.2, 0) is 0 Å². The third-order valence-electron chi connectivity index (χ3n) is 3.17. The van der Waals surface area contributed by atoms with Gasteiger partial charge < -0.3 is 5.32 Å². The molecule has 0 aromatic heterocycles. The van der Waals surface area contributed by atoms with Gasteiger partial charge in [0.25, 0.3) is 0 Å². The van der Waals surface area contributed by atoms with Crippen LogP contribution >= 0.6 is 27.5 Å². The molecule has 0 heterocycles. The summed E-state index contributed by atoms with van der Waals surface area (Å²) in [5.74, 6) is 0. The maximum Gasteiger partial charge on any atom is 0.0593 e. The number of aryl methyl sites for hydroxylation is 1. The third kappa shape index (κ3) is 3.38. The van der Waals surface area contributed by atoms with Gasteiger partial charge in [0.1, 0.15) is 0 Å². The van der Waals surface area contributed by atoms with Crippen LogP contribution < -0.4 is 5.32 Å². The zero-order valence-corrected chi connectivity index (χ0v) is 13.4. The van der Waals surface area contributed by atoms with E-state index in [9.17, 15) is 0 Å². The topological polar surface area (TPSA) is 12.0 Å². The van der Waals surface area contributed by atoms with E-state index in [0.717, 1.165) is 21.6 Å². The molecule has 2 aromatic carbocycles. The first-order valence-corrected chi connectivity index (χ1v) is 7.54. The highest BCUT2D eigenvalue weighted by molar-refractivity contribution is 9.10. The summed E-state index contributed by atoms with van der Waals surface area (Å²) in [6, 6.07) is 14.5. The van der Waals surface area contributed by atoms with Crippen molar-refractivity contribution >= 4 is 27.5 Å². The van der Waals surface area contributed by atoms with Crippen LogP contribution in [0, 0.1) is 6.92 Å². The predicted molar refractivity (Wildman–Crippen MR) is 85.9 cm³/mol. The summed E-state index contributed by atoms with van der Waals surface area (Å²) in [5, 5.41) is 4.32. The molecule has 1 atom stereocenters. The second-order valence-electron chi connectivity index (χ2n) is 4.51. The van der Waals surface area contributed by atoms with Gasteiger partial charge in [-0.2, -0.15) is 0 Å². The molecular formula is C16H17BrClN. The quantitative estimate of drug-likeness (QED) is 0.817. The molecule has 0 fully saturated rings. The van der Waals surface area contributed by atoms with Gasteiger partial charge in [0.05, 0.1) is 6.04 Å². The molecule has 0 aliphatic heterocycles. The fourth-order valence-corrected chi connectivity index (χ4v) is 2.98. The molecule has 1 nitrogen and oxygen atoms in total. The number of hydrogen-bond acceptors (Lipinski definition) is 1. The fraction of sp³-hybridized carbons (Fsp3) is 0.250. The van der Waals surface area contributed by atoms with Gasteiger partial charge in [-0.1, -0.05) is 58.7 Å². The van der Waals surface area contributed by atoms with E-state index in [1.165, 1.54) is 11.1 Å². The lowest BCUT2D eigenvalue weighted by Crippen LogP contribution is -2.23. The molecule has 0 aliphatic rings. The molecule has 0 saturated heterocycles.